The van der Waals surface area contributed by atoms with Gasteiger partial charge in [0.25, 0.3) is 0 Å². The number of aliphatic hydroxyl groups is 1. The minimum absolute atomic E-state index is 0.153. The van der Waals surface area contributed by atoms with Gasteiger partial charge < -0.3 is 42.6 Å². The lowest BCUT2D eigenvalue weighted by atomic mass is 10.0. The predicted octanol–water partition coefficient (Wildman–Crippen LogP) is -1.76. The summed E-state index contributed by atoms with van der Waals surface area (Å²) in [6.07, 6.45) is 0.0187. The molecule has 2 rings (SSSR count). The van der Waals surface area contributed by atoms with Crippen LogP contribution in [0.3, 0.4) is 0 Å². The molecule has 0 aliphatic rings. The van der Waals surface area contributed by atoms with Gasteiger partial charge in [0.05, 0.1) is 12.1 Å². The molecule has 1 aromatic carbocycles. The first-order valence-corrected chi connectivity index (χ1v) is 11.3. The highest BCUT2D eigenvalue weighted by atomic mass is 16.4. The molecule has 1 heterocycles. The first-order chi connectivity index (χ1) is 16.9. The molecule has 0 aliphatic heterocycles. The molecule has 0 spiro atoms. The van der Waals surface area contributed by atoms with Crippen molar-refractivity contribution in [3.63, 3.8) is 0 Å². The maximum atomic E-state index is 12.9. The van der Waals surface area contributed by atoms with Gasteiger partial charge in [0.2, 0.25) is 23.6 Å². The lowest BCUT2D eigenvalue weighted by Crippen LogP contribution is -2.59. The molecule has 10 N–H and O–H groups in total. The molecule has 13 nitrogen and oxygen atoms in total. The zero-order chi connectivity index (χ0) is 27.0. The van der Waals surface area contributed by atoms with Crippen LogP contribution in [0.4, 0.5) is 0 Å². The van der Waals surface area contributed by atoms with E-state index in [0.717, 1.165) is 16.5 Å². The van der Waals surface area contributed by atoms with Gasteiger partial charge in [0.1, 0.15) is 18.1 Å². The van der Waals surface area contributed by atoms with Crippen LogP contribution in [0.2, 0.25) is 0 Å². The molecule has 0 saturated carbocycles. The molecule has 13 heteroatoms. The molecule has 5 atom stereocenters. The first kappa shape index (κ1) is 28.3. The number of benzene rings is 1. The zero-order valence-corrected chi connectivity index (χ0v) is 20.0. The third-order valence-corrected chi connectivity index (χ3v) is 5.56. The standard InChI is InChI=1S/C23H32N6O7/c1-11(23(35)36)27-21(33)17(7-8-18(25)31)28-22(34)19(12(2)30)29-20(32)15(24)9-13-10-26-16-6-4-3-5-14(13)16/h3-6,10-12,15,17,19,26,30H,7-9,24H2,1-2H3,(H2,25,31)(H,27,33)(H,28,34)(H,29,32)(H,35,36). The average Bonchev–Trinajstić information content (AvgIpc) is 3.21. The first-order valence-electron chi connectivity index (χ1n) is 11.3. The highest BCUT2D eigenvalue weighted by Crippen LogP contribution is 2.18. The van der Waals surface area contributed by atoms with Crippen LogP contribution in [-0.2, 0) is 30.4 Å². The van der Waals surface area contributed by atoms with Crippen molar-refractivity contribution < 1.29 is 34.2 Å². The van der Waals surface area contributed by atoms with Gasteiger partial charge in [0, 0.05) is 23.5 Å². The predicted molar refractivity (Wildman–Crippen MR) is 129 cm³/mol. The zero-order valence-electron chi connectivity index (χ0n) is 20.0. The Kier molecular flexibility index (Phi) is 9.93. The Morgan fingerprint density at radius 3 is 2.28 bits per heavy atom. The number of fused-ring (bicyclic) bond motifs is 1. The Labute approximate surface area is 207 Å². The number of rotatable bonds is 13. The number of aromatic nitrogens is 1. The molecule has 5 unspecified atom stereocenters. The van der Waals surface area contributed by atoms with E-state index < -0.39 is 59.9 Å². The van der Waals surface area contributed by atoms with Crippen molar-refractivity contribution in [2.75, 3.05) is 0 Å². The van der Waals surface area contributed by atoms with E-state index in [4.69, 9.17) is 16.6 Å². The van der Waals surface area contributed by atoms with Gasteiger partial charge in [-0.1, -0.05) is 18.2 Å². The smallest absolute Gasteiger partial charge is 0.325 e. The van der Waals surface area contributed by atoms with Crippen LogP contribution in [0, 0.1) is 0 Å². The molecule has 4 amide bonds. The number of aromatic amines is 1. The molecule has 0 saturated heterocycles. The van der Waals surface area contributed by atoms with Crippen molar-refractivity contribution in [2.24, 2.45) is 11.5 Å². The minimum Gasteiger partial charge on any atom is -0.480 e. The van der Waals surface area contributed by atoms with E-state index in [9.17, 15) is 29.1 Å². The van der Waals surface area contributed by atoms with Crippen molar-refractivity contribution in [3.8, 4) is 0 Å². The highest BCUT2D eigenvalue weighted by Gasteiger charge is 2.32. The summed E-state index contributed by atoms with van der Waals surface area (Å²) < 4.78 is 0. The third-order valence-electron chi connectivity index (χ3n) is 5.56. The van der Waals surface area contributed by atoms with Gasteiger partial charge in [-0.05, 0) is 38.3 Å². The number of hydrogen-bond acceptors (Lipinski definition) is 7. The van der Waals surface area contributed by atoms with E-state index in [-0.39, 0.29) is 19.3 Å². The van der Waals surface area contributed by atoms with Crippen LogP contribution in [0.15, 0.2) is 30.5 Å². The van der Waals surface area contributed by atoms with E-state index in [1.54, 1.807) is 6.20 Å². The SMILES string of the molecule is CC(NC(=O)C(CCC(N)=O)NC(=O)C(NC(=O)C(N)Cc1c[nH]c2ccccc12)C(C)O)C(=O)O. The summed E-state index contributed by atoms with van der Waals surface area (Å²) >= 11 is 0. The normalized spacial score (nSPS) is 15.2. The number of nitrogens with one attached hydrogen (secondary N) is 4. The Morgan fingerprint density at radius 2 is 1.67 bits per heavy atom. The Bertz CT molecular complexity index is 1120. The molecule has 0 fully saturated rings. The van der Waals surface area contributed by atoms with E-state index >= 15 is 0 Å². The van der Waals surface area contributed by atoms with Crippen LogP contribution in [0.25, 0.3) is 10.9 Å². The van der Waals surface area contributed by atoms with Gasteiger partial charge in [-0.25, -0.2) is 0 Å². The second-order valence-electron chi connectivity index (χ2n) is 8.53. The minimum atomic E-state index is -1.48. The van der Waals surface area contributed by atoms with Crippen molar-refractivity contribution in [1.82, 2.24) is 20.9 Å². The largest absolute Gasteiger partial charge is 0.480 e. The maximum Gasteiger partial charge on any atom is 0.325 e. The number of H-pyrrole nitrogens is 1. The fourth-order valence-electron chi connectivity index (χ4n) is 3.49. The molecule has 36 heavy (non-hydrogen) atoms. The monoisotopic (exact) mass is 504 g/mol. The van der Waals surface area contributed by atoms with E-state index in [2.05, 4.69) is 20.9 Å². The molecule has 0 aliphatic carbocycles. The van der Waals surface area contributed by atoms with Crippen LogP contribution < -0.4 is 27.4 Å². The number of primary amides is 1. The number of carboxylic acids is 1. The van der Waals surface area contributed by atoms with Crippen molar-refractivity contribution in [1.29, 1.82) is 0 Å². The number of carbonyl (C=O) groups excluding carboxylic acids is 4. The van der Waals surface area contributed by atoms with Gasteiger partial charge in [0.15, 0.2) is 0 Å². The summed E-state index contributed by atoms with van der Waals surface area (Å²) in [6, 6.07) is 2.32. The topological polar surface area (TPSA) is 230 Å². The van der Waals surface area contributed by atoms with Crippen LogP contribution in [-0.4, -0.2) is 75.1 Å². The molecular formula is C23H32N6O7. The van der Waals surface area contributed by atoms with Gasteiger partial charge >= 0.3 is 5.97 Å². The number of carbonyl (C=O) groups is 5. The number of carboxylic acid groups (broad SMARTS) is 1. The lowest BCUT2D eigenvalue weighted by molar-refractivity contribution is -0.142. The Balaban J connectivity index is 2.09. The summed E-state index contributed by atoms with van der Waals surface area (Å²) in [5.41, 5.74) is 12.8. The summed E-state index contributed by atoms with van der Waals surface area (Å²) in [5.74, 6) is -4.55. The van der Waals surface area contributed by atoms with E-state index in [1.807, 2.05) is 24.3 Å². The molecular weight excluding hydrogens is 472 g/mol. The molecule has 0 radical (unpaired) electrons. The third kappa shape index (κ3) is 7.78. The number of nitrogens with two attached hydrogens (primary N) is 2. The number of hydrogen-bond donors (Lipinski definition) is 8. The second kappa shape index (κ2) is 12.7. The van der Waals surface area contributed by atoms with Crippen molar-refractivity contribution in [3.05, 3.63) is 36.0 Å². The molecule has 1 aromatic heterocycles. The Hall–Kier alpha value is -3.97. The van der Waals surface area contributed by atoms with Crippen molar-refractivity contribution in [2.45, 2.75) is 63.4 Å². The van der Waals surface area contributed by atoms with Crippen LogP contribution in [0.5, 0.6) is 0 Å². The summed E-state index contributed by atoms with van der Waals surface area (Å²) in [5, 5.41) is 27.0. The van der Waals surface area contributed by atoms with E-state index in [1.165, 1.54) is 13.8 Å². The fourth-order valence-corrected chi connectivity index (χ4v) is 3.49. The van der Waals surface area contributed by atoms with Crippen molar-refractivity contribution >= 4 is 40.5 Å². The summed E-state index contributed by atoms with van der Waals surface area (Å²) in [6.45, 7) is 2.49. The lowest BCUT2D eigenvalue weighted by Gasteiger charge is -2.26. The number of amides is 4. The maximum absolute atomic E-state index is 12.9. The highest BCUT2D eigenvalue weighted by molar-refractivity contribution is 5.95. The quantitative estimate of drug-likeness (QED) is 0.155. The Morgan fingerprint density at radius 1 is 1.00 bits per heavy atom. The summed E-state index contributed by atoms with van der Waals surface area (Å²) in [7, 11) is 0. The number of aliphatic carboxylic acids is 1. The van der Waals surface area contributed by atoms with Crippen LogP contribution in [0.1, 0.15) is 32.3 Å². The molecule has 2 aromatic rings. The van der Waals surface area contributed by atoms with Gasteiger partial charge in [-0.3, -0.25) is 24.0 Å². The fraction of sp³-hybridized carbons (Fsp3) is 0.435. The second-order valence-corrected chi connectivity index (χ2v) is 8.53. The molecule has 0 bridgehead atoms. The average molecular weight is 505 g/mol. The van der Waals surface area contributed by atoms with Crippen LogP contribution >= 0.6 is 0 Å². The number of para-hydroxylation sites is 1. The number of aliphatic hydroxyl groups excluding tert-OH is 1. The summed E-state index contributed by atoms with van der Waals surface area (Å²) in [4.78, 5) is 63.4. The molecule has 196 valence electrons. The van der Waals surface area contributed by atoms with Gasteiger partial charge in [-0.15, -0.1) is 0 Å². The van der Waals surface area contributed by atoms with Gasteiger partial charge in [-0.2, -0.15) is 0 Å². The van der Waals surface area contributed by atoms with E-state index in [0.29, 0.717) is 0 Å².